The van der Waals surface area contributed by atoms with Gasteiger partial charge in [-0.05, 0) is 44.4 Å². The molecule has 1 aliphatic heterocycles. The van der Waals surface area contributed by atoms with Gasteiger partial charge in [-0.25, -0.2) is 4.79 Å². The molecule has 2 unspecified atom stereocenters. The average molecular weight is 295 g/mol. The minimum atomic E-state index is -0.988. The number of rotatable bonds is 4. The Bertz CT molecular complexity index is 531. The van der Waals surface area contributed by atoms with Gasteiger partial charge in [0.15, 0.2) is 0 Å². The van der Waals surface area contributed by atoms with Crippen LogP contribution in [-0.2, 0) is 0 Å². The largest absolute Gasteiger partial charge is 0.478 e. The van der Waals surface area contributed by atoms with Gasteiger partial charge >= 0.3 is 5.97 Å². The van der Waals surface area contributed by atoms with Gasteiger partial charge in [0.1, 0.15) is 0 Å². The van der Waals surface area contributed by atoms with Crippen LogP contribution in [0, 0.1) is 0 Å². The molecule has 1 aliphatic carbocycles. The fourth-order valence-electron chi connectivity index (χ4n) is 3.09. The van der Waals surface area contributed by atoms with Gasteiger partial charge in [-0.1, -0.05) is 11.6 Å². The molecule has 1 saturated carbocycles. The highest BCUT2D eigenvalue weighted by atomic mass is 35.5. The average Bonchev–Trinajstić information content (AvgIpc) is 3.16. The van der Waals surface area contributed by atoms with Crippen LogP contribution in [-0.4, -0.2) is 40.6 Å². The molecule has 4 nitrogen and oxygen atoms in total. The van der Waals surface area contributed by atoms with E-state index < -0.39 is 5.97 Å². The van der Waals surface area contributed by atoms with E-state index in [1.165, 1.54) is 12.8 Å². The lowest BCUT2D eigenvalue weighted by Gasteiger charge is -2.20. The number of aromatic carboxylic acids is 1. The highest BCUT2D eigenvalue weighted by Gasteiger charge is 2.38. The Kier molecular flexibility index (Phi) is 3.61. The van der Waals surface area contributed by atoms with Gasteiger partial charge in [-0.2, -0.15) is 0 Å². The number of hydrogen-bond acceptors (Lipinski definition) is 3. The molecule has 5 heteroatoms. The molecule has 0 amide bonds. The number of halogens is 1. The van der Waals surface area contributed by atoms with Gasteiger partial charge < -0.3 is 10.4 Å². The molecule has 108 valence electrons. The van der Waals surface area contributed by atoms with Crippen molar-refractivity contribution in [3.8, 4) is 0 Å². The number of carbonyl (C=O) groups is 1. The van der Waals surface area contributed by atoms with E-state index in [1.807, 2.05) is 6.07 Å². The molecule has 2 fully saturated rings. The van der Waals surface area contributed by atoms with Crippen LogP contribution in [0.25, 0.3) is 0 Å². The van der Waals surface area contributed by atoms with Crippen LogP contribution in [0.1, 0.15) is 36.5 Å². The van der Waals surface area contributed by atoms with Gasteiger partial charge in [0.2, 0.25) is 0 Å². The van der Waals surface area contributed by atoms with Crippen LogP contribution in [0.2, 0.25) is 5.02 Å². The van der Waals surface area contributed by atoms with Crippen molar-refractivity contribution < 1.29 is 9.90 Å². The number of nitrogens with one attached hydrogen (secondary N) is 1. The van der Waals surface area contributed by atoms with E-state index in [9.17, 15) is 4.79 Å². The van der Waals surface area contributed by atoms with Gasteiger partial charge in [-0.3, -0.25) is 4.90 Å². The van der Waals surface area contributed by atoms with E-state index in [0.717, 1.165) is 24.7 Å². The molecule has 3 rings (SSSR count). The molecule has 1 aromatic rings. The number of hydrogen-bond donors (Lipinski definition) is 2. The molecule has 2 aliphatic rings. The number of likely N-dealkylation sites (tertiary alicyclic amines) is 1. The highest BCUT2D eigenvalue weighted by molar-refractivity contribution is 6.33. The summed E-state index contributed by atoms with van der Waals surface area (Å²) in [4.78, 5) is 13.7. The Morgan fingerprint density at radius 1 is 1.45 bits per heavy atom. The molecule has 0 spiro atoms. The van der Waals surface area contributed by atoms with Gasteiger partial charge in [-0.15, -0.1) is 0 Å². The molecule has 0 radical (unpaired) electrons. The van der Waals surface area contributed by atoms with E-state index >= 15 is 0 Å². The molecular formula is C15H19ClN2O2. The van der Waals surface area contributed by atoms with Crippen molar-refractivity contribution in [2.45, 2.75) is 44.3 Å². The van der Waals surface area contributed by atoms with Crippen LogP contribution < -0.4 is 5.32 Å². The number of anilines is 1. The molecule has 0 bridgehead atoms. The molecule has 20 heavy (non-hydrogen) atoms. The number of carboxylic acid groups (broad SMARTS) is 1. The number of benzene rings is 1. The lowest BCUT2D eigenvalue weighted by Crippen LogP contribution is -2.31. The van der Waals surface area contributed by atoms with Crippen molar-refractivity contribution in [1.29, 1.82) is 0 Å². The first-order valence-electron chi connectivity index (χ1n) is 7.09. The summed E-state index contributed by atoms with van der Waals surface area (Å²) in [6.07, 6.45) is 3.74. The summed E-state index contributed by atoms with van der Waals surface area (Å²) in [6, 6.07) is 6.87. The maximum atomic E-state index is 11.1. The van der Waals surface area contributed by atoms with Crippen molar-refractivity contribution in [2.24, 2.45) is 0 Å². The monoisotopic (exact) mass is 294 g/mol. The predicted octanol–water partition coefficient (Wildman–Crippen LogP) is 3.08. The van der Waals surface area contributed by atoms with E-state index in [-0.39, 0.29) is 10.6 Å². The van der Waals surface area contributed by atoms with Crippen LogP contribution in [0.15, 0.2) is 18.2 Å². The molecular weight excluding hydrogens is 276 g/mol. The second-order valence-electron chi connectivity index (χ2n) is 5.85. The lowest BCUT2D eigenvalue weighted by atomic mass is 10.1. The standard InChI is InChI=1S/C15H19ClN2O2/c1-9-6-11(8-18(9)12-3-4-12)17-10-2-5-14(16)13(7-10)15(19)20/h2,5,7,9,11-12,17H,3-4,6,8H2,1H3,(H,19,20). The summed E-state index contributed by atoms with van der Waals surface area (Å²) in [5.74, 6) is -0.988. The van der Waals surface area contributed by atoms with Crippen molar-refractivity contribution in [3.05, 3.63) is 28.8 Å². The maximum absolute atomic E-state index is 11.1. The van der Waals surface area contributed by atoms with Gasteiger partial charge in [0, 0.05) is 30.4 Å². The third kappa shape index (κ3) is 2.76. The summed E-state index contributed by atoms with van der Waals surface area (Å²) >= 11 is 5.89. The molecule has 1 aromatic carbocycles. The van der Waals surface area contributed by atoms with Crippen LogP contribution >= 0.6 is 11.6 Å². The molecule has 1 saturated heterocycles. The second-order valence-corrected chi connectivity index (χ2v) is 6.26. The fraction of sp³-hybridized carbons (Fsp3) is 0.533. The van der Waals surface area contributed by atoms with Crippen LogP contribution in [0.5, 0.6) is 0 Å². The van der Waals surface area contributed by atoms with Crippen molar-refractivity contribution >= 4 is 23.3 Å². The zero-order valence-corrected chi connectivity index (χ0v) is 12.2. The topological polar surface area (TPSA) is 52.6 Å². The second kappa shape index (κ2) is 5.26. The normalized spacial score (nSPS) is 26.7. The van der Waals surface area contributed by atoms with E-state index in [0.29, 0.717) is 12.1 Å². The summed E-state index contributed by atoms with van der Waals surface area (Å²) < 4.78 is 0. The minimum Gasteiger partial charge on any atom is -0.478 e. The lowest BCUT2D eigenvalue weighted by molar-refractivity contribution is 0.0697. The van der Waals surface area contributed by atoms with Crippen LogP contribution in [0.4, 0.5) is 5.69 Å². The van der Waals surface area contributed by atoms with E-state index in [2.05, 4.69) is 17.1 Å². The molecule has 1 heterocycles. The van der Waals surface area contributed by atoms with Crippen molar-refractivity contribution in [2.75, 3.05) is 11.9 Å². The smallest absolute Gasteiger partial charge is 0.337 e. The fourth-order valence-corrected chi connectivity index (χ4v) is 3.29. The maximum Gasteiger partial charge on any atom is 0.337 e. The van der Waals surface area contributed by atoms with Crippen molar-refractivity contribution in [3.63, 3.8) is 0 Å². The first kappa shape index (κ1) is 13.7. The Hall–Kier alpha value is -1.26. The SMILES string of the molecule is CC1CC(Nc2ccc(Cl)c(C(=O)O)c2)CN1C1CC1. The van der Waals surface area contributed by atoms with Crippen LogP contribution in [0.3, 0.4) is 0 Å². The summed E-state index contributed by atoms with van der Waals surface area (Å²) in [5.41, 5.74) is 0.989. The van der Waals surface area contributed by atoms with E-state index in [1.54, 1.807) is 12.1 Å². The Labute approximate surface area is 123 Å². The summed E-state index contributed by atoms with van der Waals surface area (Å²) in [5, 5.41) is 12.8. The highest BCUT2D eigenvalue weighted by Crippen LogP contribution is 2.34. The molecule has 2 N–H and O–H groups in total. The summed E-state index contributed by atoms with van der Waals surface area (Å²) in [7, 11) is 0. The summed E-state index contributed by atoms with van der Waals surface area (Å²) in [6.45, 7) is 3.31. The minimum absolute atomic E-state index is 0.154. The number of nitrogens with zero attached hydrogens (tertiary/aromatic N) is 1. The predicted molar refractivity (Wildman–Crippen MR) is 79.6 cm³/mol. The third-order valence-corrected chi connectivity index (χ3v) is 4.54. The Morgan fingerprint density at radius 2 is 2.20 bits per heavy atom. The first-order chi connectivity index (χ1) is 9.54. The third-order valence-electron chi connectivity index (χ3n) is 4.21. The first-order valence-corrected chi connectivity index (χ1v) is 7.47. The van der Waals surface area contributed by atoms with Gasteiger partial charge in [0.25, 0.3) is 0 Å². The van der Waals surface area contributed by atoms with E-state index in [4.69, 9.17) is 16.7 Å². The molecule has 2 atom stereocenters. The zero-order chi connectivity index (χ0) is 14.3. The Balaban J connectivity index is 1.69. The zero-order valence-electron chi connectivity index (χ0n) is 11.5. The quantitative estimate of drug-likeness (QED) is 0.896. The van der Waals surface area contributed by atoms with Crippen molar-refractivity contribution in [1.82, 2.24) is 4.90 Å². The Morgan fingerprint density at radius 3 is 2.85 bits per heavy atom. The molecule has 0 aromatic heterocycles. The number of carboxylic acids is 1. The van der Waals surface area contributed by atoms with Gasteiger partial charge in [0.05, 0.1) is 10.6 Å².